The molecule has 7 heteroatoms. The van der Waals surface area contributed by atoms with Gasteiger partial charge in [-0.15, -0.1) is 11.3 Å². The molecule has 1 atom stereocenters. The van der Waals surface area contributed by atoms with E-state index < -0.39 is 6.10 Å². The SMILES string of the molecule is O=C(NC[C@H](O)c1ccc2c(c1)OCCO2)c1csc(-c2ccccc2)n1. The summed E-state index contributed by atoms with van der Waals surface area (Å²) in [5.74, 6) is 0.957. The maximum atomic E-state index is 12.3. The number of benzene rings is 2. The van der Waals surface area contributed by atoms with Crippen LogP contribution in [0.3, 0.4) is 0 Å². The van der Waals surface area contributed by atoms with Gasteiger partial charge in [0.15, 0.2) is 11.5 Å². The fourth-order valence-electron chi connectivity index (χ4n) is 2.76. The lowest BCUT2D eigenvalue weighted by molar-refractivity contribution is 0.0911. The Balaban J connectivity index is 1.38. The molecule has 0 saturated heterocycles. The van der Waals surface area contributed by atoms with Crippen LogP contribution in [0.5, 0.6) is 11.5 Å². The van der Waals surface area contributed by atoms with E-state index in [1.54, 1.807) is 23.6 Å². The maximum Gasteiger partial charge on any atom is 0.270 e. The molecule has 4 rings (SSSR count). The molecule has 0 spiro atoms. The van der Waals surface area contributed by atoms with Gasteiger partial charge in [0.2, 0.25) is 0 Å². The molecule has 138 valence electrons. The van der Waals surface area contributed by atoms with Crippen LogP contribution in [0, 0.1) is 0 Å². The second kappa shape index (κ2) is 7.77. The van der Waals surface area contributed by atoms with E-state index in [0.717, 1.165) is 10.6 Å². The third kappa shape index (κ3) is 3.94. The lowest BCUT2D eigenvalue weighted by Crippen LogP contribution is -2.28. The first-order chi connectivity index (χ1) is 13.2. The van der Waals surface area contributed by atoms with Crippen molar-refractivity contribution in [3.8, 4) is 22.1 Å². The van der Waals surface area contributed by atoms with Gasteiger partial charge in [-0.3, -0.25) is 4.79 Å². The fraction of sp³-hybridized carbons (Fsp3) is 0.200. The van der Waals surface area contributed by atoms with Crippen LogP contribution >= 0.6 is 11.3 Å². The van der Waals surface area contributed by atoms with Gasteiger partial charge in [-0.05, 0) is 17.7 Å². The van der Waals surface area contributed by atoms with Crippen LogP contribution in [0.15, 0.2) is 53.9 Å². The van der Waals surface area contributed by atoms with E-state index in [4.69, 9.17) is 9.47 Å². The maximum absolute atomic E-state index is 12.3. The second-order valence-corrected chi connectivity index (χ2v) is 6.89. The molecule has 1 aromatic heterocycles. The lowest BCUT2D eigenvalue weighted by atomic mass is 10.1. The number of fused-ring (bicyclic) bond motifs is 1. The van der Waals surface area contributed by atoms with Crippen molar-refractivity contribution in [1.29, 1.82) is 0 Å². The number of aliphatic hydroxyl groups excluding tert-OH is 1. The fourth-order valence-corrected chi connectivity index (χ4v) is 3.56. The van der Waals surface area contributed by atoms with Crippen molar-refractivity contribution >= 4 is 17.2 Å². The van der Waals surface area contributed by atoms with E-state index in [1.165, 1.54) is 11.3 Å². The first-order valence-electron chi connectivity index (χ1n) is 8.57. The summed E-state index contributed by atoms with van der Waals surface area (Å²) < 4.78 is 11.0. The highest BCUT2D eigenvalue weighted by Gasteiger charge is 2.17. The molecule has 2 N–H and O–H groups in total. The van der Waals surface area contributed by atoms with Crippen molar-refractivity contribution in [2.75, 3.05) is 19.8 Å². The van der Waals surface area contributed by atoms with Crippen LogP contribution in [0.25, 0.3) is 10.6 Å². The van der Waals surface area contributed by atoms with Crippen molar-refractivity contribution < 1.29 is 19.4 Å². The molecule has 1 aliphatic heterocycles. The molecular formula is C20H18N2O4S. The van der Waals surface area contributed by atoms with Gasteiger partial charge in [-0.25, -0.2) is 4.98 Å². The number of aromatic nitrogens is 1. The summed E-state index contributed by atoms with van der Waals surface area (Å²) in [6, 6.07) is 15.0. The van der Waals surface area contributed by atoms with E-state index in [2.05, 4.69) is 10.3 Å². The Morgan fingerprint density at radius 2 is 1.93 bits per heavy atom. The van der Waals surface area contributed by atoms with Crippen LogP contribution in [-0.4, -0.2) is 35.8 Å². The van der Waals surface area contributed by atoms with E-state index in [9.17, 15) is 9.90 Å². The van der Waals surface area contributed by atoms with Gasteiger partial charge in [-0.2, -0.15) is 0 Å². The third-order valence-electron chi connectivity index (χ3n) is 4.16. The number of thiazole rings is 1. The second-order valence-electron chi connectivity index (χ2n) is 6.03. The number of nitrogens with one attached hydrogen (secondary N) is 1. The summed E-state index contributed by atoms with van der Waals surface area (Å²) >= 11 is 1.41. The minimum absolute atomic E-state index is 0.0800. The summed E-state index contributed by atoms with van der Waals surface area (Å²) in [5.41, 5.74) is 1.97. The number of ether oxygens (including phenoxy) is 2. The Bertz CT molecular complexity index is 942. The zero-order valence-electron chi connectivity index (χ0n) is 14.4. The van der Waals surface area contributed by atoms with Gasteiger partial charge in [-0.1, -0.05) is 36.4 Å². The number of amides is 1. The molecule has 6 nitrogen and oxygen atoms in total. The van der Waals surface area contributed by atoms with Crippen LogP contribution in [0.1, 0.15) is 22.2 Å². The molecule has 2 heterocycles. The highest BCUT2D eigenvalue weighted by atomic mass is 32.1. The van der Waals surface area contributed by atoms with Gasteiger partial charge >= 0.3 is 0 Å². The molecule has 27 heavy (non-hydrogen) atoms. The molecular weight excluding hydrogens is 364 g/mol. The van der Waals surface area contributed by atoms with Crippen LogP contribution in [-0.2, 0) is 0 Å². The van der Waals surface area contributed by atoms with Gasteiger partial charge in [0.1, 0.15) is 23.9 Å². The van der Waals surface area contributed by atoms with E-state index in [-0.39, 0.29) is 12.5 Å². The monoisotopic (exact) mass is 382 g/mol. The number of aliphatic hydroxyl groups is 1. The summed E-state index contributed by atoms with van der Waals surface area (Å²) in [5, 5.41) is 15.6. The highest BCUT2D eigenvalue weighted by Crippen LogP contribution is 2.32. The minimum atomic E-state index is -0.850. The van der Waals surface area contributed by atoms with Gasteiger partial charge in [0, 0.05) is 17.5 Å². The van der Waals surface area contributed by atoms with E-state index in [0.29, 0.717) is 36.0 Å². The molecule has 0 aliphatic carbocycles. The third-order valence-corrected chi connectivity index (χ3v) is 5.06. The summed E-state index contributed by atoms with van der Waals surface area (Å²) in [7, 11) is 0. The Morgan fingerprint density at radius 3 is 2.74 bits per heavy atom. The molecule has 3 aromatic rings. The van der Waals surface area contributed by atoms with Crippen LogP contribution in [0.2, 0.25) is 0 Å². The highest BCUT2D eigenvalue weighted by molar-refractivity contribution is 7.13. The average molecular weight is 382 g/mol. The number of nitrogens with zero attached hydrogens (tertiary/aromatic N) is 1. The predicted molar refractivity (Wildman–Crippen MR) is 102 cm³/mol. The summed E-state index contributed by atoms with van der Waals surface area (Å²) in [6.45, 7) is 1.08. The van der Waals surface area contributed by atoms with Crippen LogP contribution in [0.4, 0.5) is 0 Å². The largest absolute Gasteiger partial charge is 0.486 e. The number of carbonyl (C=O) groups is 1. The topological polar surface area (TPSA) is 80.7 Å². The van der Waals surface area contributed by atoms with Gasteiger partial charge in [0.25, 0.3) is 5.91 Å². The normalized spacial score (nSPS) is 13.8. The van der Waals surface area contributed by atoms with E-state index >= 15 is 0 Å². The molecule has 0 unspecified atom stereocenters. The number of hydrogen-bond donors (Lipinski definition) is 2. The van der Waals surface area contributed by atoms with Crippen LogP contribution < -0.4 is 14.8 Å². The zero-order valence-corrected chi connectivity index (χ0v) is 15.2. The molecule has 0 bridgehead atoms. The average Bonchev–Trinajstić information content (AvgIpc) is 3.22. The quantitative estimate of drug-likeness (QED) is 0.709. The Morgan fingerprint density at radius 1 is 1.15 bits per heavy atom. The van der Waals surface area contributed by atoms with Gasteiger partial charge < -0.3 is 19.9 Å². The Hall–Kier alpha value is -2.90. The smallest absolute Gasteiger partial charge is 0.270 e. The van der Waals surface area contributed by atoms with Crippen molar-refractivity contribution in [3.63, 3.8) is 0 Å². The Labute approximate surface area is 160 Å². The summed E-state index contributed by atoms with van der Waals surface area (Å²) in [6.07, 6.45) is -0.850. The number of hydrogen-bond acceptors (Lipinski definition) is 6. The molecule has 0 saturated carbocycles. The number of carbonyl (C=O) groups excluding carboxylic acids is 1. The van der Waals surface area contributed by atoms with Crippen molar-refractivity contribution in [2.45, 2.75) is 6.10 Å². The lowest BCUT2D eigenvalue weighted by Gasteiger charge is -2.20. The molecule has 1 amide bonds. The van der Waals surface area contributed by atoms with Gasteiger partial charge in [0.05, 0.1) is 6.10 Å². The molecule has 1 aliphatic rings. The first-order valence-corrected chi connectivity index (χ1v) is 9.45. The zero-order chi connectivity index (χ0) is 18.6. The number of rotatable bonds is 5. The van der Waals surface area contributed by atoms with Crippen molar-refractivity contribution in [1.82, 2.24) is 10.3 Å². The predicted octanol–water partition coefficient (Wildman–Crippen LogP) is 3.04. The molecule has 0 fully saturated rings. The Kier molecular flexibility index (Phi) is 5.04. The minimum Gasteiger partial charge on any atom is -0.486 e. The standard InChI is InChI=1S/C20H18N2O4S/c23-16(14-6-7-17-18(10-14)26-9-8-25-17)11-21-19(24)15-12-27-20(22-15)13-4-2-1-3-5-13/h1-7,10,12,16,23H,8-9,11H2,(H,21,24)/t16-/m0/s1. The molecule has 2 aromatic carbocycles. The van der Waals surface area contributed by atoms with Crippen molar-refractivity contribution in [2.24, 2.45) is 0 Å². The first kappa shape index (κ1) is 17.5. The molecule has 0 radical (unpaired) electrons. The van der Waals surface area contributed by atoms with E-state index in [1.807, 2.05) is 30.3 Å². The van der Waals surface area contributed by atoms with Crippen molar-refractivity contribution in [3.05, 3.63) is 65.2 Å². The summed E-state index contributed by atoms with van der Waals surface area (Å²) in [4.78, 5) is 16.7.